The molecule has 1 rings (SSSR count). The van der Waals surface area contributed by atoms with Crippen LogP contribution in [0, 0.1) is 3.57 Å². The molecule has 0 atom stereocenters. The minimum Gasteiger partial charge on any atom is -0.465 e. The zero-order valence-electron chi connectivity index (χ0n) is 7.43. The number of methoxy groups -OCH3 is 1. The highest BCUT2D eigenvalue weighted by Crippen LogP contribution is 2.31. The van der Waals surface area contributed by atoms with Crippen LogP contribution < -0.4 is 0 Å². The fourth-order valence-corrected chi connectivity index (χ4v) is 2.01. The number of carbonyl (C=O) groups is 1. The van der Waals surface area contributed by atoms with Gasteiger partial charge >= 0.3 is 5.97 Å². The van der Waals surface area contributed by atoms with Crippen LogP contribution >= 0.6 is 38.5 Å². The highest BCUT2D eigenvalue weighted by Gasteiger charge is 2.21. The van der Waals surface area contributed by atoms with E-state index in [0.29, 0.717) is 3.57 Å². The molecule has 1 heterocycles. The summed E-state index contributed by atoms with van der Waals surface area (Å²) >= 11 is 4.75. The molecule has 0 aliphatic carbocycles. The van der Waals surface area contributed by atoms with E-state index < -0.39 is 12.4 Å². The van der Waals surface area contributed by atoms with Gasteiger partial charge in [-0.2, -0.15) is 0 Å². The Kier molecular flexibility index (Phi) is 4.38. The van der Waals surface area contributed by atoms with Gasteiger partial charge in [-0.15, -0.1) is 0 Å². The number of pyridine rings is 1. The van der Waals surface area contributed by atoms with Crippen molar-refractivity contribution in [3.63, 3.8) is 0 Å². The molecule has 0 aliphatic heterocycles. The number of esters is 1. The average molecular weight is 392 g/mol. The number of hydrogen-bond donors (Lipinski definition) is 0. The first-order valence-corrected chi connectivity index (χ1v) is 5.56. The van der Waals surface area contributed by atoms with E-state index in [1.165, 1.54) is 7.11 Å². The number of halogens is 4. The van der Waals surface area contributed by atoms with Crippen molar-refractivity contribution >= 4 is 44.5 Å². The molecular formula is C8H5BrF2INO2. The Labute approximate surface area is 106 Å². The smallest absolute Gasteiger partial charge is 0.340 e. The normalized spacial score (nSPS) is 10.5. The standard InChI is InChI=1S/C8H5BrF2INO2/c1-15-8(14)3-2-13-6(7(10)11)4(9)5(3)12/h2,7H,1H3. The van der Waals surface area contributed by atoms with E-state index in [1.54, 1.807) is 22.6 Å². The summed E-state index contributed by atoms with van der Waals surface area (Å²) in [6.07, 6.45) is -1.60. The van der Waals surface area contributed by atoms with Gasteiger partial charge < -0.3 is 4.74 Å². The zero-order valence-corrected chi connectivity index (χ0v) is 11.2. The third kappa shape index (κ3) is 2.63. The van der Waals surface area contributed by atoms with Crippen molar-refractivity contribution in [1.82, 2.24) is 4.98 Å². The molecule has 0 aromatic carbocycles. The summed E-state index contributed by atoms with van der Waals surface area (Å²) in [4.78, 5) is 14.7. The predicted octanol–water partition coefficient (Wildman–Crippen LogP) is 3.17. The Morgan fingerprint density at radius 3 is 2.73 bits per heavy atom. The Hall–Kier alpha value is -0.310. The first-order valence-electron chi connectivity index (χ1n) is 3.69. The topological polar surface area (TPSA) is 39.2 Å². The molecule has 0 unspecified atom stereocenters. The molecule has 3 nitrogen and oxygen atoms in total. The molecule has 0 aliphatic rings. The first-order chi connectivity index (χ1) is 6.99. The van der Waals surface area contributed by atoms with Crippen LogP contribution in [-0.4, -0.2) is 18.1 Å². The number of nitrogens with zero attached hydrogens (tertiary/aromatic N) is 1. The summed E-state index contributed by atoms with van der Waals surface area (Å²) in [6.45, 7) is 0. The van der Waals surface area contributed by atoms with E-state index in [-0.39, 0.29) is 15.7 Å². The average Bonchev–Trinajstić information content (AvgIpc) is 2.20. The molecule has 7 heteroatoms. The van der Waals surface area contributed by atoms with Crippen LogP contribution in [0.3, 0.4) is 0 Å². The number of aromatic nitrogens is 1. The summed E-state index contributed by atoms with van der Waals surface area (Å²) in [6, 6.07) is 0. The lowest BCUT2D eigenvalue weighted by atomic mass is 10.2. The lowest BCUT2D eigenvalue weighted by molar-refractivity contribution is 0.0598. The maximum Gasteiger partial charge on any atom is 0.340 e. The number of alkyl halides is 2. The van der Waals surface area contributed by atoms with Crippen LogP contribution in [0.5, 0.6) is 0 Å². The van der Waals surface area contributed by atoms with E-state index in [4.69, 9.17) is 0 Å². The number of rotatable bonds is 2. The van der Waals surface area contributed by atoms with Crippen LogP contribution in [0.4, 0.5) is 8.78 Å². The SMILES string of the molecule is COC(=O)c1cnc(C(F)F)c(Br)c1I. The van der Waals surface area contributed by atoms with Gasteiger partial charge in [0.15, 0.2) is 0 Å². The molecule has 82 valence electrons. The van der Waals surface area contributed by atoms with Gasteiger partial charge in [0.1, 0.15) is 5.69 Å². The lowest BCUT2D eigenvalue weighted by Crippen LogP contribution is -2.07. The van der Waals surface area contributed by atoms with Crippen molar-refractivity contribution in [1.29, 1.82) is 0 Å². The molecule has 0 spiro atoms. The van der Waals surface area contributed by atoms with Crippen molar-refractivity contribution in [2.75, 3.05) is 7.11 Å². The lowest BCUT2D eigenvalue weighted by Gasteiger charge is -2.07. The van der Waals surface area contributed by atoms with Crippen LogP contribution in [-0.2, 0) is 4.74 Å². The quantitative estimate of drug-likeness (QED) is 0.574. The summed E-state index contributed by atoms with van der Waals surface area (Å²) in [5.41, 5.74) is -0.221. The summed E-state index contributed by atoms with van der Waals surface area (Å²) in [5, 5.41) is 0. The predicted molar refractivity (Wildman–Crippen MR) is 61.0 cm³/mol. The van der Waals surface area contributed by atoms with Crippen LogP contribution in [0.25, 0.3) is 0 Å². The van der Waals surface area contributed by atoms with E-state index in [0.717, 1.165) is 6.20 Å². The molecule has 0 bridgehead atoms. The molecule has 0 amide bonds. The van der Waals surface area contributed by atoms with E-state index >= 15 is 0 Å². The van der Waals surface area contributed by atoms with Gasteiger partial charge in [0.25, 0.3) is 6.43 Å². The number of hydrogen-bond acceptors (Lipinski definition) is 3. The van der Waals surface area contributed by atoms with E-state index in [2.05, 4.69) is 25.7 Å². The number of ether oxygens (including phenoxy) is 1. The summed E-state index contributed by atoms with van der Waals surface area (Å²) in [7, 11) is 1.22. The van der Waals surface area contributed by atoms with Crippen molar-refractivity contribution in [2.24, 2.45) is 0 Å². The first kappa shape index (κ1) is 12.8. The van der Waals surface area contributed by atoms with Crippen LogP contribution in [0.2, 0.25) is 0 Å². The highest BCUT2D eigenvalue weighted by atomic mass is 127. The second kappa shape index (κ2) is 5.15. The fraction of sp³-hybridized carbons (Fsp3) is 0.250. The second-order valence-corrected chi connectivity index (χ2v) is 4.35. The third-order valence-electron chi connectivity index (χ3n) is 1.60. The van der Waals surface area contributed by atoms with Gasteiger partial charge in [-0.1, -0.05) is 0 Å². The van der Waals surface area contributed by atoms with Gasteiger partial charge in [0.2, 0.25) is 0 Å². The summed E-state index contributed by atoms with van der Waals surface area (Å²) in [5.74, 6) is -0.603. The van der Waals surface area contributed by atoms with Crippen molar-refractivity contribution in [3.05, 3.63) is 25.5 Å². The van der Waals surface area contributed by atoms with Gasteiger partial charge in [-0.05, 0) is 38.5 Å². The minimum absolute atomic E-state index is 0.126. The Morgan fingerprint density at radius 2 is 2.27 bits per heavy atom. The Bertz CT molecular complexity index is 400. The monoisotopic (exact) mass is 391 g/mol. The third-order valence-corrected chi connectivity index (χ3v) is 4.26. The summed E-state index contributed by atoms with van der Waals surface area (Å²) < 4.78 is 29.8. The minimum atomic E-state index is -2.68. The maximum atomic E-state index is 12.4. The van der Waals surface area contributed by atoms with Gasteiger partial charge in [0.05, 0.1) is 17.1 Å². The van der Waals surface area contributed by atoms with Crippen molar-refractivity contribution in [2.45, 2.75) is 6.43 Å². The maximum absolute atomic E-state index is 12.4. The van der Waals surface area contributed by atoms with Gasteiger partial charge in [-0.25, -0.2) is 13.6 Å². The molecule has 0 fully saturated rings. The molecule has 0 radical (unpaired) electrons. The highest BCUT2D eigenvalue weighted by molar-refractivity contribution is 14.1. The molecule has 0 saturated carbocycles. The Balaban J connectivity index is 3.27. The van der Waals surface area contributed by atoms with Crippen molar-refractivity contribution < 1.29 is 18.3 Å². The molecule has 1 aromatic heterocycles. The zero-order chi connectivity index (χ0) is 11.6. The number of carbonyl (C=O) groups excluding carboxylic acids is 1. The molecular weight excluding hydrogens is 387 g/mol. The molecule has 0 N–H and O–H groups in total. The van der Waals surface area contributed by atoms with Crippen LogP contribution in [0.1, 0.15) is 22.5 Å². The molecule has 0 saturated heterocycles. The van der Waals surface area contributed by atoms with Crippen molar-refractivity contribution in [3.8, 4) is 0 Å². The molecule has 1 aromatic rings. The fourth-order valence-electron chi connectivity index (χ4n) is 0.883. The van der Waals surface area contributed by atoms with Gasteiger partial charge in [-0.3, -0.25) is 4.98 Å². The van der Waals surface area contributed by atoms with Crippen LogP contribution in [0.15, 0.2) is 10.7 Å². The largest absolute Gasteiger partial charge is 0.465 e. The second-order valence-electron chi connectivity index (χ2n) is 2.48. The Morgan fingerprint density at radius 1 is 1.67 bits per heavy atom. The molecule has 15 heavy (non-hydrogen) atoms. The van der Waals surface area contributed by atoms with E-state index in [9.17, 15) is 13.6 Å². The van der Waals surface area contributed by atoms with E-state index in [1.807, 2.05) is 0 Å². The van der Waals surface area contributed by atoms with Gasteiger partial charge in [0, 0.05) is 9.77 Å².